The fraction of sp³-hybridized carbons (Fsp3) is 0.267. The first-order valence-electron chi connectivity index (χ1n) is 6.77. The predicted molar refractivity (Wildman–Crippen MR) is 81.0 cm³/mol. The van der Waals surface area contributed by atoms with Crippen LogP contribution < -0.4 is 11.1 Å². The maximum atomic E-state index is 11.7. The molecule has 6 nitrogen and oxygen atoms in total. The molecule has 0 aliphatic heterocycles. The van der Waals surface area contributed by atoms with Gasteiger partial charge in [-0.1, -0.05) is 6.07 Å². The zero-order valence-electron chi connectivity index (χ0n) is 11.9. The number of anilines is 2. The van der Waals surface area contributed by atoms with Gasteiger partial charge >= 0.3 is 5.97 Å². The highest BCUT2D eigenvalue weighted by Crippen LogP contribution is 2.16. The maximum Gasteiger partial charge on any atom is 0.340 e. The Hall–Kier alpha value is -2.63. The minimum absolute atomic E-state index is 0.309. The van der Waals surface area contributed by atoms with Crippen molar-refractivity contribution in [3.05, 3.63) is 47.9 Å². The molecule has 2 heterocycles. The lowest BCUT2D eigenvalue weighted by Gasteiger charge is -2.09. The minimum atomic E-state index is -0.440. The number of carbonyl (C=O) groups is 1. The number of nitrogen functional groups attached to an aromatic ring is 1. The Kier molecular flexibility index (Phi) is 5.09. The first kappa shape index (κ1) is 14.8. The summed E-state index contributed by atoms with van der Waals surface area (Å²) in [7, 11) is 0. The van der Waals surface area contributed by atoms with E-state index in [1.54, 1.807) is 19.2 Å². The van der Waals surface area contributed by atoms with Crippen molar-refractivity contribution in [1.82, 2.24) is 9.97 Å². The second-order valence-electron chi connectivity index (χ2n) is 4.38. The van der Waals surface area contributed by atoms with Gasteiger partial charge in [0.05, 0.1) is 24.1 Å². The second kappa shape index (κ2) is 7.23. The Labute approximate surface area is 123 Å². The van der Waals surface area contributed by atoms with E-state index in [9.17, 15) is 4.79 Å². The molecule has 0 bridgehead atoms. The summed E-state index contributed by atoms with van der Waals surface area (Å²) in [6.07, 6.45) is 3.98. The fourth-order valence-electron chi connectivity index (χ4n) is 1.81. The van der Waals surface area contributed by atoms with Gasteiger partial charge in [0.1, 0.15) is 5.82 Å². The van der Waals surface area contributed by atoms with Crippen molar-refractivity contribution < 1.29 is 9.53 Å². The zero-order valence-corrected chi connectivity index (χ0v) is 11.9. The van der Waals surface area contributed by atoms with Crippen LogP contribution in [0.15, 0.2) is 36.7 Å². The van der Waals surface area contributed by atoms with Crippen LogP contribution in [0.25, 0.3) is 0 Å². The Morgan fingerprint density at radius 2 is 2.24 bits per heavy atom. The summed E-state index contributed by atoms with van der Waals surface area (Å²) in [4.78, 5) is 20.1. The van der Waals surface area contributed by atoms with Crippen LogP contribution in [-0.2, 0) is 11.2 Å². The molecule has 2 aromatic heterocycles. The molecule has 0 aliphatic rings. The van der Waals surface area contributed by atoms with Gasteiger partial charge in [0.15, 0.2) is 0 Å². The SMILES string of the molecule is CCOC(=O)c1cc(NCCc2ccccn2)ncc1N. The van der Waals surface area contributed by atoms with E-state index in [4.69, 9.17) is 10.5 Å². The number of carbonyl (C=O) groups excluding carboxylic acids is 1. The lowest BCUT2D eigenvalue weighted by molar-refractivity contribution is 0.0527. The highest BCUT2D eigenvalue weighted by molar-refractivity contribution is 5.95. The van der Waals surface area contributed by atoms with Gasteiger partial charge in [-0.3, -0.25) is 4.98 Å². The average Bonchev–Trinajstić information content (AvgIpc) is 2.50. The number of rotatable bonds is 6. The van der Waals surface area contributed by atoms with E-state index in [0.717, 1.165) is 12.1 Å². The van der Waals surface area contributed by atoms with E-state index in [1.165, 1.54) is 6.20 Å². The number of esters is 1. The van der Waals surface area contributed by atoms with Gasteiger partial charge in [-0.05, 0) is 25.1 Å². The van der Waals surface area contributed by atoms with Crippen LogP contribution in [0.2, 0.25) is 0 Å². The van der Waals surface area contributed by atoms with Gasteiger partial charge in [-0.15, -0.1) is 0 Å². The number of nitrogens with one attached hydrogen (secondary N) is 1. The zero-order chi connectivity index (χ0) is 15.1. The van der Waals surface area contributed by atoms with E-state index >= 15 is 0 Å². The fourth-order valence-corrected chi connectivity index (χ4v) is 1.81. The van der Waals surface area contributed by atoms with E-state index in [2.05, 4.69) is 15.3 Å². The van der Waals surface area contributed by atoms with Crippen molar-refractivity contribution in [3.63, 3.8) is 0 Å². The summed E-state index contributed by atoms with van der Waals surface area (Å²) >= 11 is 0. The van der Waals surface area contributed by atoms with E-state index in [-0.39, 0.29) is 0 Å². The third kappa shape index (κ3) is 4.17. The predicted octanol–water partition coefficient (Wildman–Crippen LogP) is 1.89. The van der Waals surface area contributed by atoms with Gasteiger partial charge in [-0.25, -0.2) is 9.78 Å². The monoisotopic (exact) mass is 286 g/mol. The molecule has 0 saturated heterocycles. The molecule has 2 aromatic rings. The summed E-state index contributed by atoms with van der Waals surface area (Å²) < 4.78 is 4.95. The van der Waals surface area contributed by atoms with Gasteiger partial charge in [0.25, 0.3) is 0 Å². The normalized spacial score (nSPS) is 10.1. The van der Waals surface area contributed by atoms with Crippen molar-refractivity contribution >= 4 is 17.5 Å². The molecule has 0 aliphatic carbocycles. The van der Waals surface area contributed by atoms with Crippen molar-refractivity contribution in [3.8, 4) is 0 Å². The molecule has 0 spiro atoms. The molecule has 3 N–H and O–H groups in total. The third-order valence-electron chi connectivity index (χ3n) is 2.84. The molecule has 0 atom stereocenters. The molecule has 0 saturated carbocycles. The summed E-state index contributed by atoms with van der Waals surface area (Å²) in [5, 5.41) is 3.14. The second-order valence-corrected chi connectivity index (χ2v) is 4.38. The van der Waals surface area contributed by atoms with Crippen LogP contribution in [0.1, 0.15) is 23.0 Å². The van der Waals surface area contributed by atoms with Crippen LogP contribution in [0.5, 0.6) is 0 Å². The number of hydrogen-bond donors (Lipinski definition) is 2. The average molecular weight is 286 g/mol. The van der Waals surface area contributed by atoms with Crippen molar-refractivity contribution in [2.75, 3.05) is 24.2 Å². The van der Waals surface area contributed by atoms with Crippen molar-refractivity contribution in [2.24, 2.45) is 0 Å². The Balaban J connectivity index is 1.97. The van der Waals surface area contributed by atoms with Gasteiger partial charge in [0.2, 0.25) is 0 Å². The molecule has 0 aromatic carbocycles. The quantitative estimate of drug-likeness (QED) is 0.788. The first-order chi connectivity index (χ1) is 10.2. The van der Waals surface area contributed by atoms with Crippen molar-refractivity contribution in [1.29, 1.82) is 0 Å². The van der Waals surface area contributed by atoms with E-state index < -0.39 is 5.97 Å². The smallest absolute Gasteiger partial charge is 0.340 e. The standard InChI is InChI=1S/C15H18N4O2/c1-2-21-15(20)12-9-14(19-10-13(12)16)18-8-6-11-5-3-4-7-17-11/h3-5,7,9-10H,2,6,8,16H2,1H3,(H,18,19). The molecule has 110 valence electrons. The molecular weight excluding hydrogens is 268 g/mol. The Morgan fingerprint density at radius 3 is 2.95 bits per heavy atom. The molecule has 21 heavy (non-hydrogen) atoms. The summed E-state index contributed by atoms with van der Waals surface area (Å²) in [5.74, 6) is 0.147. The molecule has 2 rings (SSSR count). The number of nitrogens with zero attached hydrogens (tertiary/aromatic N) is 2. The Bertz CT molecular complexity index is 602. The highest BCUT2D eigenvalue weighted by atomic mass is 16.5. The Morgan fingerprint density at radius 1 is 1.38 bits per heavy atom. The van der Waals surface area contributed by atoms with E-state index in [1.807, 2.05) is 18.2 Å². The summed E-state index contributed by atoms with van der Waals surface area (Å²) in [5.41, 5.74) is 7.37. The lowest BCUT2D eigenvalue weighted by atomic mass is 10.2. The van der Waals surface area contributed by atoms with E-state index in [0.29, 0.717) is 30.2 Å². The lowest BCUT2D eigenvalue weighted by Crippen LogP contribution is -2.12. The van der Waals surface area contributed by atoms with Crippen LogP contribution in [0, 0.1) is 0 Å². The summed E-state index contributed by atoms with van der Waals surface area (Å²) in [6, 6.07) is 7.39. The van der Waals surface area contributed by atoms with Gasteiger partial charge < -0.3 is 15.8 Å². The molecule has 0 amide bonds. The number of nitrogens with two attached hydrogens (primary N) is 1. The molecule has 6 heteroatoms. The number of hydrogen-bond acceptors (Lipinski definition) is 6. The minimum Gasteiger partial charge on any atom is -0.462 e. The highest BCUT2D eigenvalue weighted by Gasteiger charge is 2.12. The molecule has 0 fully saturated rings. The first-order valence-corrected chi connectivity index (χ1v) is 6.77. The molecule has 0 radical (unpaired) electrons. The number of pyridine rings is 2. The largest absolute Gasteiger partial charge is 0.462 e. The van der Waals surface area contributed by atoms with Crippen LogP contribution >= 0.6 is 0 Å². The molecular formula is C15H18N4O2. The van der Waals surface area contributed by atoms with Crippen LogP contribution in [0.3, 0.4) is 0 Å². The summed E-state index contributed by atoms with van der Waals surface area (Å²) in [6.45, 7) is 2.72. The number of ether oxygens (including phenoxy) is 1. The third-order valence-corrected chi connectivity index (χ3v) is 2.84. The topological polar surface area (TPSA) is 90.1 Å². The maximum absolute atomic E-state index is 11.7. The van der Waals surface area contributed by atoms with Gasteiger partial charge in [-0.2, -0.15) is 0 Å². The van der Waals surface area contributed by atoms with Crippen LogP contribution in [0.4, 0.5) is 11.5 Å². The molecule has 0 unspecified atom stereocenters. The number of aromatic nitrogens is 2. The van der Waals surface area contributed by atoms with Crippen LogP contribution in [-0.4, -0.2) is 29.1 Å². The van der Waals surface area contributed by atoms with Crippen molar-refractivity contribution in [2.45, 2.75) is 13.3 Å². The van der Waals surface area contributed by atoms with Gasteiger partial charge in [0, 0.05) is 24.9 Å².